The lowest BCUT2D eigenvalue weighted by Gasteiger charge is -2.33. The van der Waals surface area contributed by atoms with Crippen LogP contribution in [0, 0.1) is 0 Å². The molecule has 1 aromatic rings. The second-order valence-corrected chi connectivity index (χ2v) is 6.93. The quantitative estimate of drug-likeness (QED) is 0.872. The van der Waals surface area contributed by atoms with Crippen LogP contribution < -0.4 is 10.6 Å². The van der Waals surface area contributed by atoms with E-state index in [2.05, 4.69) is 10.6 Å². The molecule has 0 aliphatic carbocycles. The number of carbonyl (C=O) groups excluding carboxylic acids is 2. The van der Waals surface area contributed by atoms with Gasteiger partial charge in [0.15, 0.2) is 0 Å². The molecule has 1 saturated heterocycles. The fraction of sp³-hybridized carbons (Fsp3) is 0.556. The van der Waals surface area contributed by atoms with Gasteiger partial charge in [0, 0.05) is 6.61 Å². The van der Waals surface area contributed by atoms with Gasteiger partial charge in [-0.1, -0.05) is 30.3 Å². The van der Waals surface area contributed by atoms with Crippen LogP contribution in [0.15, 0.2) is 30.3 Å². The highest BCUT2D eigenvalue weighted by Gasteiger charge is 2.30. The van der Waals surface area contributed by atoms with Crippen molar-refractivity contribution >= 4 is 12.2 Å². The van der Waals surface area contributed by atoms with Crippen LogP contribution in [0.5, 0.6) is 0 Å². The maximum absolute atomic E-state index is 12.0. The fourth-order valence-corrected chi connectivity index (χ4v) is 2.43. The first-order chi connectivity index (χ1) is 11.8. The zero-order valence-electron chi connectivity index (χ0n) is 14.9. The first-order valence-electron chi connectivity index (χ1n) is 8.38. The van der Waals surface area contributed by atoms with Crippen LogP contribution in [0.2, 0.25) is 0 Å². The standard InChI is InChI=1S/C18H26N2O5/c1-18(2,3)25-17(22)19-14-9-10-23-12-15(14)20-16(21)24-11-13-7-5-4-6-8-13/h4-8,14-15H,9-12H2,1-3H3,(H,19,22)(H,20,21)/t14-,15+/m1/s1. The molecule has 7 nitrogen and oxygen atoms in total. The Labute approximate surface area is 148 Å². The molecule has 0 saturated carbocycles. The Morgan fingerprint density at radius 2 is 1.80 bits per heavy atom. The smallest absolute Gasteiger partial charge is 0.407 e. The van der Waals surface area contributed by atoms with Gasteiger partial charge in [0.25, 0.3) is 0 Å². The minimum Gasteiger partial charge on any atom is -0.445 e. The number of benzene rings is 1. The van der Waals surface area contributed by atoms with Gasteiger partial charge in [0.2, 0.25) is 0 Å². The van der Waals surface area contributed by atoms with Crippen LogP contribution in [0.4, 0.5) is 9.59 Å². The van der Waals surface area contributed by atoms with E-state index in [0.717, 1.165) is 5.56 Å². The van der Waals surface area contributed by atoms with Crippen molar-refractivity contribution in [3.05, 3.63) is 35.9 Å². The average Bonchev–Trinajstić information content (AvgIpc) is 2.54. The van der Waals surface area contributed by atoms with Crippen molar-refractivity contribution < 1.29 is 23.8 Å². The van der Waals surface area contributed by atoms with Gasteiger partial charge in [-0.3, -0.25) is 0 Å². The van der Waals surface area contributed by atoms with Crippen LogP contribution in [-0.4, -0.2) is 43.1 Å². The number of carbonyl (C=O) groups is 2. The lowest BCUT2D eigenvalue weighted by molar-refractivity contribution is 0.0269. The molecule has 1 aliphatic rings. The van der Waals surface area contributed by atoms with Gasteiger partial charge in [-0.2, -0.15) is 0 Å². The van der Waals surface area contributed by atoms with E-state index in [-0.39, 0.29) is 18.7 Å². The van der Waals surface area contributed by atoms with E-state index in [9.17, 15) is 9.59 Å². The second-order valence-electron chi connectivity index (χ2n) is 6.93. The van der Waals surface area contributed by atoms with Crippen LogP contribution in [0.3, 0.4) is 0 Å². The Morgan fingerprint density at radius 1 is 1.12 bits per heavy atom. The molecule has 0 aromatic heterocycles. The first kappa shape index (κ1) is 19.1. The van der Waals surface area contributed by atoms with E-state index < -0.39 is 17.8 Å². The summed E-state index contributed by atoms with van der Waals surface area (Å²) in [5, 5.41) is 5.54. The number of ether oxygens (including phenoxy) is 3. The average molecular weight is 350 g/mol. The highest BCUT2D eigenvalue weighted by Crippen LogP contribution is 2.12. The van der Waals surface area contributed by atoms with Gasteiger partial charge in [-0.25, -0.2) is 9.59 Å². The third-order valence-corrected chi connectivity index (χ3v) is 3.57. The summed E-state index contributed by atoms with van der Waals surface area (Å²) in [4.78, 5) is 24.0. The fourth-order valence-electron chi connectivity index (χ4n) is 2.43. The number of alkyl carbamates (subject to hydrolysis) is 2. The van der Waals surface area contributed by atoms with Gasteiger partial charge in [0.05, 0.1) is 18.7 Å². The summed E-state index contributed by atoms with van der Waals surface area (Å²) < 4.78 is 15.9. The number of amides is 2. The summed E-state index contributed by atoms with van der Waals surface area (Å²) in [6.45, 7) is 6.40. The molecule has 25 heavy (non-hydrogen) atoms. The van der Waals surface area contributed by atoms with Crippen molar-refractivity contribution in [1.82, 2.24) is 10.6 Å². The Kier molecular flexibility index (Phi) is 6.64. The summed E-state index contributed by atoms with van der Waals surface area (Å²) in [5.74, 6) is 0. The van der Waals surface area contributed by atoms with Gasteiger partial charge in [-0.15, -0.1) is 0 Å². The predicted octanol–water partition coefficient (Wildman–Crippen LogP) is 2.60. The van der Waals surface area contributed by atoms with Crippen molar-refractivity contribution in [2.75, 3.05) is 13.2 Å². The Bertz CT molecular complexity index is 571. The van der Waals surface area contributed by atoms with Gasteiger partial charge < -0.3 is 24.8 Å². The van der Waals surface area contributed by atoms with Crippen molar-refractivity contribution in [1.29, 1.82) is 0 Å². The molecule has 7 heteroatoms. The molecule has 138 valence electrons. The number of nitrogens with one attached hydrogen (secondary N) is 2. The van der Waals surface area contributed by atoms with E-state index in [1.165, 1.54) is 0 Å². The molecule has 2 rings (SSSR count). The van der Waals surface area contributed by atoms with E-state index in [1.54, 1.807) is 20.8 Å². The second kappa shape index (κ2) is 8.71. The molecular formula is C18H26N2O5. The zero-order valence-corrected chi connectivity index (χ0v) is 14.9. The van der Waals surface area contributed by atoms with Crippen LogP contribution in [0.25, 0.3) is 0 Å². The molecular weight excluding hydrogens is 324 g/mol. The lowest BCUT2D eigenvalue weighted by atomic mass is 10.0. The summed E-state index contributed by atoms with van der Waals surface area (Å²) in [6.07, 6.45) is -0.470. The molecule has 0 bridgehead atoms. The normalized spacial score (nSPS) is 20.4. The molecule has 2 atom stereocenters. The molecule has 0 radical (unpaired) electrons. The number of rotatable bonds is 4. The maximum atomic E-state index is 12.0. The molecule has 0 unspecified atom stereocenters. The first-order valence-corrected chi connectivity index (χ1v) is 8.38. The molecule has 2 N–H and O–H groups in total. The lowest BCUT2D eigenvalue weighted by Crippen LogP contribution is -2.57. The third kappa shape index (κ3) is 7.01. The zero-order chi connectivity index (χ0) is 18.3. The summed E-state index contributed by atoms with van der Waals surface area (Å²) in [5.41, 5.74) is 0.327. The van der Waals surface area contributed by atoms with Crippen molar-refractivity contribution in [3.63, 3.8) is 0 Å². The third-order valence-electron chi connectivity index (χ3n) is 3.57. The van der Waals surface area contributed by atoms with E-state index >= 15 is 0 Å². The monoisotopic (exact) mass is 350 g/mol. The molecule has 1 aromatic carbocycles. The van der Waals surface area contributed by atoms with Crippen LogP contribution >= 0.6 is 0 Å². The van der Waals surface area contributed by atoms with E-state index in [1.807, 2.05) is 30.3 Å². The van der Waals surface area contributed by atoms with E-state index in [0.29, 0.717) is 19.6 Å². The minimum atomic E-state index is -0.577. The van der Waals surface area contributed by atoms with Crippen molar-refractivity contribution in [2.45, 2.75) is 51.5 Å². The SMILES string of the molecule is CC(C)(C)OC(=O)N[C@@H]1CCOC[C@@H]1NC(=O)OCc1ccccc1. The molecule has 0 spiro atoms. The summed E-state index contributed by atoms with van der Waals surface area (Å²) in [6, 6.07) is 8.78. The van der Waals surface area contributed by atoms with Crippen LogP contribution in [0.1, 0.15) is 32.8 Å². The number of hydrogen-bond donors (Lipinski definition) is 2. The molecule has 1 heterocycles. The maximum Gasteiger partial charge on any atom is 0.407 e. The summed E-state index contributed by atoms with van der Waals surface area (Å²) >= 11 is 0. The van der Waals surface area contributed by atoms with Crippen molar-refractivity contribution in [3.8, 4) is 0 Å². The van der Waals surface area contributed by atoms with Crippen LogP contribution in [-0.2, 0) is 20.8 Å². The van der Waals surface area contributed by atoms with Gasteiger partial charge >= 0.3 is 12.2 Å². The van der Waals surface area contributed by atoms with E-state index in [4.69, 9.17) is 14.2 Å². The molecule has 1 aliphatic heterocycles. The topological polar surface area (TPSA) is 85.9 Å². The molecule has 1 fully saturated rings. The van der Waals surface area contributed by atoms with Crippen molar-refractivity contribution in [2.24, 2.45) is 0 Å². The minimum absolute atomic E-state index is 0.185. The highest BCUT2D eigenvalue weighted by molar-refractivity contribution is 5.69. The highest BCUT2D eigenvalue weighted by atomic mass is 16.6. The largest absolute Gasteiger partial charge is 0.445 e. The van der Waals surface area contributed by atoms with Gasteiger partial charge in [-0.05, 0) is 32.8 Å². The molecule has 2 amide bonds. The number of hydrogen-bond acceptors (Lipinski definition) is 5. The van der Waals surface area contributed by atoms with Gasteiger partial charge in [0.1, 0.15) is 12.2 Å². The summed E-state index contributed by atoms with van der Waals surface area (Å²) in [7, 11) is 0. The Morgan fingerprint density at radius 3 is 2.48 bits per heavy atom. The Hall–Kier alpha value is -2.28. The Balaban J connectivity index is 1.83. The predicted molar refractivity (Wildman–Crippen MR) is 92.1 cm³/mol.